The van der Waals surface area contributed by atoms with Crippen LogP contribution in [-0.2, 0) is 4.79 Å². The molecule has 0 aliphatic rings. The minimum atomic E-state index is 0.718. The zero-order valence-electron chi connectivity index (χ0n) is 6.73. The maximum atomic E-state index is 9.88. The highest BCUT2D eigenvalue weighted by molar-refractivity contribution is 5.48. The Labute approximate surface area is 63.1 Å². The van der Waals surface area contributed by atoms with Crippen LogP contribution in [0.4, 0.5) is 0 Å². The third-order valence-electron chi connectivity index (χ3n) is 1.43. The highest BCUT2D eigenvalue weighted by Crippen LogP contribution is 2.06. The fraction of sp³-hybridized carbons (Fsp3) is 0.667. The Hall–Kier alpha value is -0.590. The summed E-state index contributed by atoms with van der Waals surface area (Å²) in [5.74, 6) is 0. The molecule has 0 fully saturated rings. The van der Waals surface area contributed by atoms with Gasteiger partial charge in [0.05, 0.1) is 0 Å². The molecule has 0 saturated carbocycles. The second kappa shape index (κ2) is 6.53. The van der Waals surface area contributed by atoms with Gasteiger partial charge in [0.2, 0.25) is 0 Å². The standard InChI is InChI=1S/C9H16O/c1-9(2)7-5-3-4-6-8-10/h8H,1,3-7H2,2H3. The molecule has 0 rings (SSSR count). The number of allylic oxidation sites excluding steroid dienone is 1. The van der Waals surface area contributed by atoms with Gasteiger partial charge in [-0.15, -0.1) is 6.58 Å². The molecule has 0 aromatic heterocycles. The maximum Gasteiger partial charge on any atom is 0.119 e. The van der Waals surface area contributed by atoms with Crippen LogP contribution in [0.2, 0.25) is 0 Å². The number of carbonyl (C=O) groups is 1. The van der Waals surface area contributed by atoms with Crippen molar-refractivity contribution >= 4 is 6.29 Å². The summed E-state index contributed by atoms with van der Waals surface area (Å²) in [5, 5.41) is 0. The lowest BCUT2D eigenvalue weighted by Crippen LogP contribution is -1.79. The summed E-state index contributed by atoms with van der Waals surface area (Å²) >= 11 is 0. The Morgan fingerprint density at radius 3 is 2.60 bits per heavy atom. The fourth-order valence-corrected chi connectivity index (χ4v) is 0.831. The molecule has 1 heteroatoms. The van der Waals surface area contributed by atoms with Gasteiger partial charge in [0.25, 0.3) is 0 Å². The van der Waals surface area contributed by atoms with Crippen molar-refractivity contribution in [2.45, 2.75) is 39.0 Å². The molecule has 1 nitrogen and oxygen atoms in total. The van der Waals surface area contributed by atoms with Crippen LogP contribution in [-0.4, -0.2) is 6.29 Å². The van der Waals surface area contributed by atoms with E-state index in [9.17, 15) is 4.79 Å². The first-order valence-corrected chi connectivity index (χ1v) is 3.85. The molecular weight excluding hydrogens is 124 g/mol. The fourth-order valence-electron chi connectivity index (χ4n) is 0.831. The van der Waals surface area contributed by atoms with Crippen molar-refractivity contribution < 1.29 is 4.79 Å². The minimum Gasteiger partial charge on any atom is -0.303 e. The zero-order chi connectivity index (χ0) is 7.82. The van der Waals surface area contributed by atoms with Crippen molar-refractivity contribution in [1.29, 1.82) is 0 Å². The minimum absolute atomic E-state index is 0.718. The van der Waals surface area contributed by atoms with Gasteiger partial charge in [-0.2, -0.15) is 0 Å². The summed E-state index contributed by atoms with van der Waals surface area (Å²) in [6.07, 6.45) is 6.20. The molecule has 10 heavy (non-hydrogen) atoms. The van der Waals surface area contributed by atoms with E-state index in [-0.39, 0.29) is 0 Å². The third-order valence-corrected chi connectivity index (χ3v) is 1.43. The molecule has 0 radical (unpaired) electrons. The summed E-state index contributed by atoms with van der Waals surface area (Å²) in [6.45, 7) is 5.84. The van der Waals surface area contributed by atoms with Crippen LogP contribution in [0, 0.1) is 0 Å². The molecule has 0 aliphatic heterocycles. The normalized spacial score (nSPS) is 9.30. The van der Waals surface area contributed by atoms with E-state index in [1.54, 1.807) is 0 Å². The Balaban J connectivity index is 2.90. The molecule has 0 aromatic rings. The number of aldehydes is 1. The van der Waals surface area contributed by atoms with Crippen molar-refractivity contribution in [1.82, 2.24) is 0 Å². The molecule has 0 aromatic carbocycles. The predicted octanol–water partition coefficient (Wildman–Crippen LogP) is 2.71. The largest absolute Gasteiger partial charge is 0.303 e. The number of unbranched alkanes of at least 4 members (excludes halogenated alkanes) is 3. The van der Waals surface area contributed by atoms with Crippen LogP contribution >= 0.6 is 0 Å². The predicted molar refractivity (Wildman–Crippen MR) is 44.0 cm³/mol. The quantitative estimate of drug-likeness (QED) is 0.315. The number of hydrogen-bond acceptors (Lipinski definition) is 1. The summed E-state index contributed by atoms with van der Waals surface area (Å²) in [6, 6.07) is 0. The number of rotatable bonds is 6. The molecular formula is C9H16O. The third kappa shape index (κ3) is 7.41. The Kier molecular flexibility index (Phi) is 6.14. The summed E-state index contributed by atoms with van der Waals surface area (Å²) in [5.41, 5.74) is 1.24. The topological polar surface area (TPSA) is 17.1 Å². The van der Waals surface area contributed by atoms with E-state index in [1.165, 1.54) is 12.0 Å². The van der Waals surface area contributed by atoms with Crippen molar-refractivity contribution in [3.8, 4) is 0 Å². The van der Waals surface area contributed by atoms with Crippen molar-refractivity contribution in [3.05, 3.63) is 12.2 Å². The molecule has 0 heterocycles. The highest BCUT2D eigenvalue weighted by Gasteiger charge is 1.88. The first-order valence-electron chi connectivity index (χ1n) is 3.85. The summed E-state index contributed by atoms with van der Waals surface area (Å²) < 4.78 is 0. The molecule has 58 valence electrons. The van der Waals surface area contributed by atoms with Crippen molar-refractivity contribution in [2.75, 3.05) is 0 Å². The SMILES string of the molecule is C=C(C)CCCCCC=O. The van der Waals surface area contributed by atoms with Gasteiger partial charge in [0.1, 0.15) is 6.29 Å². The number of carbonyl (C=O) groups excluding carboxylic acids is 1. The van der Waals surface area contributed by atoms with Gasteiger partial charge in [-0.05, 0) is 26.2 Å². The molecule has 0 atom stereocenters. The molecule has 0 spiro atoms. The average Bonchev–Trinajstić information content (AvgIpc) is 1.87. The molecule has 0 aliphatic carbocycles. The van der Waals surface area contributed by atoms with E-state index < -0.39 is 0 Å². The van der Waals surface area contributed by atoms with Crippen molar-refractivity contribution in [2.24, 2.45) is 0 Å². The Morgan fingerprint density at radius 2 is 2.10 bits per heavy atom. The van der Waals surface area contributed by atoms with Gasteiger partial charge >= 0.3 is 0 Å². The lowest BCUT2D eigenvalue weighted by molar-refractivity contribution is -0.107. The van der Waals surface area contributed by atoms with Gasteiger partial charge in [-0.1, -0.05) is 12.0 Å². The smallest absolute Gasteiger partial charge is 0.119 e. The van der Waals surface area contributed by atoms with Crippen LogP contribution < -0.4 is 0 Å². The molecule has 0 N–H and O–H groups in total. The van der Waals surface area contributed by atoms with Crippen LogP contribution in [0.1, 0.15) is 39.0 Å². The monoisotopic (exact) mass is 140 g/mol. The average molecular weight is 140 g/mol. The first kappa shape index (κ1) is 9.41. The lowest BCUT2D eigenvalue weighted by Gasteiger charge is -1.96. The Morgan fingerprint density at radius 1 is 1.40 bits per heavy atom. The van der Waals surface area contributed by atoms with E-state index >= 15 is 0 Å². The van der Waals surface area contributed by atoms with Crippen LogP contribution in [0.5, 0.6) is 0 Å². The number of hydrogen-bond donors (Lipinski definition) is 0. The van der Waals surface area contributed by atoms with E-state index in [4.69, 9.17) is 0 Å². The maximum absolute atomic E-state index is 9.88. The van der Waals surface area contributed by atoms with E-state index in [1.807, 2.05) is 6.92 Å². The van der Waals surface area contributed by atoms with Gasteiger partial charge < -0.3 is 4.79 Å². The Bertz CT molecular complexity index is 105. The lowest BCUT2D eigenvalue weighted by atomic mass is 10.1. The van der Waals surface area contributed by atoms with Crippen LogP contribution in [0.15, 0.2) is 12.2 Å². The van der Waals surface area contributed by atoms with Gasteiger partial charge in [-0.25, -0.2) is 0 Å². The van der Waals surface area contributed by atoms with Gasteiger partial charge in [-0.3, -0.25) is 0 Å². The van der Waals surface area contributed by atoms with E-state index in [2.05, 4.69) is 6.58 Å². The van der Waals surface area contributed by atoms with Crippen molar-refractivity contribution in [3.63, 3.8) is 0 Å². The molecule has 0 saturated heterocycles. The zero-order valence-corrected chi connectivity index (χ0v) is 6.73. The highest BCUT2D eigenvalue weighted by atomic mass is 16.1. The molecule has 0 unspecified atom stereocenters. The van der Waals surface area contributed by atoms with Gasteiger partial charge in [0, 0.05) is 6.42 Å². The van der Waals surface area contributed by atoms with E-state index in [0.717, 1.165) is 32.0 Å². The van der Waals surface area contributed by atoms with Gasteiger partial charge in [0.15, 0.2) is 0 Å². The first-order chi connectivity index (χ1) is 4.77. The van der Waals surface area contributed by atoms with Crippen LogP contribution in [0.25, 0.3) is 0 Å². The summed E-state index contributed by atoms with van der Waals surface area (Å²) in [4.78, 5) is 9.88. The molecule has 0 amide bonds. The van der Waals surface area contributed by atoms with Crippen LogP contribution in [0.3, 0.4) is 0 Å². The molecule has 0 bridgehead atoms. The summed E-state index contributed by atoms with van der Waals surface area (Å²) in [7, 11) is 0. The second-order valence-electron chi connectivity index (χ2n) is 2.72. The second-order valence-corrected chi connectivity index (χ2v) is 2.72. The van der Waals surface area contributed by atoms with E-state index in [0.29, 0.717) is 0 Å².